The van der Waals surface area contributed by atoms with Crippen LogP contribution in [0.3, 0.4) is 0 Å². The number of hydrogen-bond donors (Lipinski definition) is 0. The lowest BCUT2D eigenvalue weighted by molar-refractivity contribution is 0.0615. The Bertz CT molecular complexity index is 1280. The molecule has 0 aliphatic carbocycles. The zero-order valence-electron chi connectivity index (χ0n) is 19.1. The molecule has 0 spiro atoms. The van der Waals surface area contributed by atoms with E-state index in [1.54, 1.807) is 24.3 Å². The van der Waals surface area contributed by atoms with Gasteiger partial charge in [-0.25, -0.2) is 8.42 Å². The van der Waals surface area contributed by atoms with Gasteiger partial charge in [-0.1, -0.05) is 29.4 Å². The lowest BCUT2D eigenvalue weighted by Gasteiger charge is -2.34. The number of aryl methyl sites for hydroxylation is 1. The molecule has 0 saturated carbocycles. The minimum Gasteiger partial charge on any atom is -0.338 e. The van der Waals surface area contributed by atoms with E-state index >= 15 is 0 Å². The molecule has 2 aliphatic rings. The van der Waals surface area contributed by atoms with Crippen molar-refractivity contribution in [1.82, 2.24) is 19.9 Å². The van der Waals surface area contributed by atoms with Crippen LogP contribution in [0.2, 0.25) is 0 Å². The maximum Gasteiger partial charge on any atom is 0.253 e. The minimum absolute atomic E-state index is 0.0462. The normalized spacial score (nSPS) is 18.4. The van der Waals surface area contributed by atoms with Gasteiger partial charge in [0, 0.05) is 43.9 Å². The monoisotopic (exact) mass is 481 g/mol. The maximum atomic E-state index is 13.0. The summed E-state index contributed by atoms with van der Waals surface area (Å²) >= 11 is 0. The Morgan fingerprint density at radius 1 is 1.00 bits per heavy atom. The third-order valence-electron chi connectivity index (χ3n) is 6.37. The molecular formula is C24H27N5O4S. The van der Waals surface area contributed by atoms with E-state index in [1.165, 1.54) is 4.31 Å². The van der Waals surface area contributed by atoms with Crippen LogP contribution in [0.1, 0.15) is 28.2 Å². The Balaban J connectivity index is 1.16. The number of anilines is 1. The number of carbonyl (C=O) groups is 1. The van der Waals surface area contributed by atoms with Gasteiger partial charge in [-0.05, 0) is 43.2 Å². The first-order valence-electron chi connectivity index (χ1n) is 11.4. The van der Waals surface area contributed by atoms with E-state index in [0.29, 0.717) is 68.7 Å². The standard InChI is InChI=1S/C24H27N5O4S/c1-18-5-2-3-6-21(18)23-25-22(33-26-23)17-27-12-14-28(15-13-27)24(30)19-7-9-20(10-8-19)29-11-4-16-34(29,31)32/h2-3,5-10H,4,11-17H2,1H3. The number of nitrogens with zero attached hydrogens (tertiary/aromatic N) is 5. The van der Waals surface area contributed by atoms with Crippen LogP contribution in [-0.4, -0.2) is 72.7 Å². The SMILES string of the molecule is Cc1ccccc1-c1noc(CN2CCN(C(=O)c3ccc(N4CCCS4(=O)=O)cc3)CC2)n1. The molecule has 0 N–H and O–H groups in total. The van der Waals surface area contributed by atoms with Crippen LogP contribution >= 0.6 is 0 Å². The molecule has 2 aliphatic heterocycles. The summed E-state index contributed by atoms with van der Waals surface area (Å²) in [7, 11) is -3.23. The van der Waals surface area contributed by atoms with E-state index in [9.17, 15) is 13.2 Å². The Labute approximate surface area is 199 Å². The molecule has 1 amide bonds. The fourth-order valence-corrected chi connectivity index (χ4v) is 6.00. The summed E-state index contributed by atoms with van der Waals surface area (Å²) in [5.74, 6) is 1.28. The average Bonchev–Trinajstić information content (AvgIpc) is 3.45. The third-order valence-corrected chi connectivity index (χ3v) is 8.24. The summed E-state index contributed by atoms with van der Waals surface area (Å²) in [6.07, 6.45) is 0.629. The van der Waals surface area contributed by atoms with Crippen molar-refractivity contribution in [3.05, 3.63) is 65.5 Å². The van der Waals surface area contributed by atoms with Gasteiger partial charge in [0.25, 0.3) is 5.91 Å². The predicted molar refractivity (Wildman–Crippen MR) is 128 cm³/mol. The van der Waals surface area contributed by atoms with E-state index in [-0.39, 0.29) is 11.7 Å². The van der Waals surface area contributed by atoms with E-state index < -0.39 is 10.0 Å². The van der Waals surface area contributed by atoms with Gasteiger partial charge in [-0.2, -0.15) is 4.98 Å². The van der Waals surface area contributed by atoms with Gasteiger partial charge in [0.15, 0.2) is 0 Å². The molecule has 0 atom stereocenters. The Kier molecular flexibility index (Phi) is 6.09. The fraction of sp³-hybridized carbons (Fsp3) is 0.375. The highest BCUT2D eigenvalue weighted by Crippen LogP contribution is 2.25. The van der Waals surface area contributed by atoms with Gasteiger partial charge in [0.2, 0.25) is 21.7 Å². The molecule has 2 saturated heterocycles. The number of hydrogen-bond acceptors (Lipinski definition) is 7. The first-order chi connectivity index (χ1) is 16.4. The van der Waals surface area contributed by atoms with Crippen LogP contribution in [0.15, 0.2) is 53.1 Å². The second-order valence-corrected chi connectivity index (χ2v) is 10.7. The van der Waals surface area contributed by atoms with Crippen LogP contribution in [0.25, 0.3) is 11.4 Å². The summed E-state index contributed by atoms with van der Waals surface area (Å²) < 4.78 is 31.1. The van der Waals surface area contributed by atoms with Crippen molar-refractivity contribution in [3.8, 4) is 11.4 Å². The van der Waals surface area contributed by atoms with Gasteiger partial charge < -0.3 is 9.42 Å². The first-order valence-corrected chi connectivity index (χ1v) is 13.0. The summed E-state index contributed by atoms with van der Waals surface area (Å²) in [5.41, 5.74) is 3.23. The number of aromatic nitrogens is 2. The molecule has 178 valence electrons. The maximum absolute atomic E-state index is 13.0. The van der Waals surface area contributed by atoms with E-state index in [0.717, 1.165) is 11.1 Å². The van der Waals surface area contributed by atoms with Gasteiger partial charge in [0.05, 0.1) is 18.0 Å². The van der Waals surface area contributed by atoms with E-state index in [2.05, 4.69) is 15.0 Å². The van der Waals surface area contributed by atoms with Gasteiger partial charge in [0.1, 0.15) is 0 Å². The van der Waals surface area contributed by atoms with Crippen molar-refractivity contribution in [2.45, 2.75) is 19.9 Å². The Morgan fingerprint density at radius 2 is 1.74 bits per heavy atom. The molecule has 34 heavy (non-hydrogen) atoms. The Morgan fingerprint density at radius 3 is 2.41 bits per heavy atom. The van der Waals surface area contributed by atoms with Crippen molar-refractivity contribution >= 4 is 21.6 Å². The summed E-state index contributed by atoms with van der Waals surface area (Å²) in [5, 5.41) is 4.12. The summed E-state index contributed by atoms with van der Waals surface area (Å²) in [4.78, 5) is 21.5. The van der Waals surface area contributed by atoms with Crippen LogP contribution in [-0.2, 0) is 16.6 Å². The van der Waals surface area contributed by atoms with Gasteiger partial charge in [-0.3, -0.25) is 14.0 Å². The highest BCUT2D eigenvalue weighted by Gasteiger charge is 2.29. The highest BCUT2D eigenvalue weighted by atomic mass is 32.2. The van der Waals surface area contributed by atoms with Crippen molar-refractivity contribution in [2.75, 3.05) is 42.8 Å². The van der Waals surface area contributed by atoms with E-state index in [4.69, 9.17) is 4.52 Å². The number of carbonyl (C=O) groups excluding carboxylic acids is 1. The molecular weight excluding hydrogens is 454 g/mol. The van der Waals surface area contributed by atoms with Crippen molar-refractivity contribution < 1.29 is 17.7 Å². The molecule has 1 aromatic heterocycles. The van der Waals surface area contributed by atoms with Crippen LogP contribution in [0, 0.1) is 6.92 Å². The topological polar surface area (TPSA) is 99.9 Å². The van der Waals surface area contributed by atoms with Crippen LogP contribution in [0.4, 0.5) is 5.69 Å². The molecule has 9 nitrogen and oxygen atoms in total. The van der Waals surface area contributed by atoms with Crippen molar-refractivity contribution in [1.29, 1.82) is 0 Å². The number of amides is 1. The summed E-state index contributed by atoms with van der Waals surface area (Å²) in [6.45, 7) is 5.66. The van der Waals surface area contributed by atoms with Crippen molar-refractivity contribution in [3.63, 3.8) is 0 Å². The fourth-order valence-electron chi connectivity index (χ4n) is 4.44. The molecule has 2 aromatic carbocycles. The molecule has 3 heterocycles. The average molecular weight is 482 g/mol. The molecule has 0 radical (unpaired) electrons. The lowest BCUT2D eigenvalue weighted by atomic mass is 10.1. The number of benzene rings is 2. The van der Waals surface area contributed by atoms with Crippen LogP contribution < -0.4 is 4.31 Å². The largest absolute Gasteiger partial charge is 0.338 e. The summed E-state index contributed by atoms with van der Waals surface area (Å²) in [6, 6.07) is 14.8. The first kappa shape index (κ1) is 22.5. The number of piperazine rings is 1. The third kappa shape index (κ3) is 4.55. The molecule has 3 aromatic rings. The van der Waals surface area contributed by atoms with E-state index in [1.807, 2.05) is 36.1 Å². The quantitative estimate of drug-likeness (QED) is 0.552. The van der Waals surface area contributed by atoms with Gasteiger partial charge >= 0.3 is 0 Å². The predicted octanol–water partition coefficient (Wildman–Crippen LogP) is 2.54. The zero-order chi connectivity index (χ0) is 23.7. The smallest absolute Gasteiger partial charge is 0.253 e. The second kappa shape index (κ2) is 9.19. The molecule has 2 fully saturated rings. The second-order valence-electron chi connectivity index (χ2n) is 8.68. The minimum atomic E-state index is -3.23. The van der Waals surface area contributed by atoms with Crippen LogP contribution in [0.5, 0.6) is 0 Å². The molecule has 10 heteroatoms. The van der Waals surface area contributed by atoms with Gasteiger partial charge in [-0.15, -0.1) is 0 Å². The molecule has 5 rings (SSSR count). The molecule has 0 unspecified atom stereocenters. The molecule has 0 bridgehead atoms. The number of rotatable bonds is 5. The van der Waals surface area contributed by atoms with Crippen molar-refractivity contribution in [2.24, 2.45) is 0 Å². The highest BCUT2D eigenvalue weighted by molar-refractivity contribution is 7.93. The Hall–Kier alpha value is -3.24. The number of sulfonamides is 1. The lowest BCUT2D eigenvalue weighted by Crippen LogP contribution is -2.48. The zero-order valence-corrected chi connectivity index (χ0v) is 19.9.